The molecule has 1 saturated carbocycles. The van der Waals surface area contributed by atoms with Gasteiger partial charge in [-0.3, -0.25) is 9.59 Å². The third-order valence-corrected chi connectivity index (χ3v) is 5.41. The molecule has 0 heterocycles. The maximum atomic E-state index is 12.2. The number of unbranched alkanes of at least 4 members (excludes halogenated alkanes) is 3. The number of rotatable bonds is 15. The summed E-state index contributed by atoms with van der Waals surface area (Å²) in [7, 11) is 0. The van der Waals surface area contributed by atoms with Gasteiger partial charge in [0.2, 0.25) is 0 Å². The predicted octanol–water partition coefficient (Wildman–Crippen LogP) is 2.06. The second kappa shape index (κ2) is 15.3. The molecule has 0 amide bonds. The quantitative estimate of drug-likeness (QED) is 0.179. The van der Waals surface area contributed by atoms with Crippen molar-refractivity contribution in [1.82, 2.24) is 0 Å². The summed E-state index contributed by atoms with van der Waals surface area (Å²) in [5.41, 5.74) is 0. The van der Waals surface area contributed by atoms with Crippen LogP contribution in [-0.2, 0) is 14.3 Å². The largest absolute Gasteiger partial charge is 0.457 e. The van der Waals surface area contributed by atoms with E-state index in [0.29, 0.717) is 25.7 Å². The highest BCUT2D eigenvalue weighted by atomic mass is 16.6. The van der Waals surface area contributed by atoms with E-state index < -0.39 is 37.5 Å². The summed E-state index contributed by atoms with van der Waals surface area (Å²) in [4.78, 5) is 23.8. The number of ketones is 1. The van der Waals surface area contributed by atoms with Crippen LogP contribution in [-0.4, -0.2) is 63.7 Å². The van der Waals surface area contributed by atoms with Gasteiger partial charge in [0.05, 0.1) is 25.4 Å². The SMILES string of the molecule is CCCCC[C@H](O)C=C[C@H]1C(=O)C[C@H](O)[C@@H]1CC=CCCCC(=O)OC(CO)CO. The third-order valence-electron chi connectivity index (χ3n) is 5.41. The molecule has 0 bridgehead atoms. The Labute approximate surface area is 179 Å². The van der Waals surface area contributed by atoms with Crippen molar-refractivity contribution in [2.45, 2.75) is 83.0 Å². The summed E-state index contributed by atoms with van der Waals surface area (Å²) >= 11 is 0. The number of esters is 1. The standard InChI is InChI=1S/C23H38O7/c1-2-3-6-9-17(26)12-13-20-19(21(27)14-22(20)28)10-7-4-5-8-11-23(29)30-18(15-24)16-25/h4,7,12-13,17-21,24-27H,2-3,5-6,8-11,14-16H2,1H3/t17-,19+,20+,21-/m0/s1. The zero-order valence-electron chi connectivity index (χ0n) is 18.0. The molecule has 1 rings (SSSR count). The summed E-state index contributed by atoms with van der Waals surface area (Å²) in [5, 5.41) is 38.0. The minimum absolute atomic E-state index is 0.00275. The van der Waals surface area contributed by atoms with Crippen molar-refractivity contribution < 1.29 is 34.8 Å². The van der Waals surface area contributed by atoms with E-state index in [-0.39, 0.29) is 30.5 Å². The van der Waals surface area contributed by atoms with Crippen LogP contribution < -0.4 is 0 Å². The fraction of sp³-hybridized carbons (Fsp3) is 0.739. The maximum Gasteiger partial charge on any atom is 0.306 e. The van der Waals surface area contributed by atoms with Crippen molar-refractivity contribution in [3.05, 3.63) is 24.3 Å². The Morgan fingerprint density at radius 3 is 2.60 bits per heavy atom. The average Bonchev–Trinajstić information content (AvgIpc) is 2.99. The minimum atomic E-state index is -0.871. The number of ether oxygens (including phenoxy) is 1. The first-order valence-corrected chi connectivity index (χ1v) is 11.1. The van der Waals surface area contributed by atoms with Crippen molar-refractivity contribution in [2.24, 2.45) is 11.8 Å². The summed E-state index contributed by atoms with van der Waals surface area (Å²) in [5.74, 6) is -1.04. The molecule has 4 N–H and O–H groups in total. The van der Waals surface area contributed by atoms with E-state index in [1.54, 1.807) is 12.2 Å². The highest BCUT2D eigenvalue weighted by molar-refractivity contribution is 5.86. The van der Waals surface area contributed by atoms with Gasteiger partial charge >= 0.3 is 5.97 Å². The second-order valence-corrected chi connectivity index (χ2v) is 7.95. The fourth-order valence-corrected chi connectivity index (χ4v) is 3.59. The van der Waals surface area contributed by atoms with Crippen LogP contribution in [0.25, 0.3) is 0 Å². The van der Waals surface area contributed by atoms with Crippen LogP contribution in [0.1, 0.15) is 64.7 Å². The third kappa shape index (κ3) is 9.98. The fourth-order valence-electron chi connectivity index (χ4n) is 3.59. The molecule has 1 aliphatic carbocycles. The van der Waals surface area contributed by atoms with E-state index in [0.717, 1.165) is 19.3 Å². The average molecular weight is 427 g/mol. The summed E-state index contributed by atoms with van der Waals surface area (Å²) < 4.78 is 4.89. The predicted molar refractivity (Wildman–Crippen MR) is 114 cm³/mol. The summed E-state index contributed by atoms with van der Waals surface area (Å²) in [6.45, 7) is 1.29. The number of hydrogen-bond acceptors (Lipinski definition) is 7. The van der Waals surface area contributed by atoms with E-state index in [1.807, 2.05) is 12.2 Å². The van der Waals surface area contributed by atoms with Gasteiger partial charge in [-0.05, 0) is 25.7 Å². The number of Topliss-reactive ketones (excluding diaryl/α,β-unsaturated/α-hetero) is 1. The molecule has 0 aromatic rings. The molecule has 0 unspecified atom stereocenters. The molecule has 1 fully saturated rings. The van der Waals surface area contributed by atoms with Crippen molar-refractivity contribution in [2.75, 3.05) is 13.2 Å². The molecule has 172 valence electrons. The number of carbonyl (C=O) groups excluding carboxylic acids is 2. The minimum Gasteiger partial charge on any atom is -0.457 e. The molecule has 0 radical (unpaired) electrons. The first-order valence-electron chi connectivity index (χ1n) is 11.1. The first-order chi connectivity index (χ1) is 14.4. The number of aliphatic hydroxyl groups is 4. The number of aliphatic hydroxyl groups excluding tert-OH is 4. The Balaban J connectivity index is 2.40. The van der Waals surface area contributed by atoms with Gasteiger partial charge in [0.1, 0.15) is 11.9 Å². The lowest BCUT2D eigenvalue weighted by molar-refractivity contribution is -0.153. The molecule has 0 saturated heterocycles. The van der Waals surface area contributed by atoms with Gasteiger partial charge in [-0.1, -0.05) is 50.5 Å². The van der Waals surface area contributed by atoms with Crippen LogP contribution in [0.4, 0.5) is 0 Å². The van der Waals surface area contributed by atoms with Gasteiger partial charge in [-0.25, -0.2) is 0 Å². The lowest BCUT2D eigenvalue weighted by atomic mass is 9.90. The van der Waals surface area contributed by atoms with Crippen LogP contribution in [0, 0.1) is 11.8 Å². The molecule has 1 aliphatic rings. The summed E-state index contributed by atoms with van der Waals surface area (Å²) in [6, 6.07) is 0. The molecule has 0 spiro atoms. The van der Waals surface area contributed by atoms with Crippen LogP contribution in [0.5, 0.6) is 0 Å². The van der Waals surface area contributed by atoms with Crippen LogP contribution in [0.2, 0.25) is 0 Å². The van der Waals surface area contributed by atoms with E-state index >= 15 is 0 Å². The second-order valence-electron chi connectivity index (χ2n) is 7.95. The van der Waals surface area contributed by atoms with E-state index in [9.17, 15) is 19.8 Å². The van der Waals surface area contributed by atoms with Crippen molar-refractivity contribution in [3.8, 4) is 0 Å². The van der Waals surface area contributed by atoms with E-state index in [4.69, 9.17) is 14.9 Å². The molecule has 30 heavy (non-hydrogen) atoms. The molecular weight excluding hydrogens is 388 g/mol. The number of hydrogen-bond donors (Lipinski definition) is 4. The topological polar surface area (TPSA) is 124 Å². The number of allylic oxidation sites excluding steroid dienone is 3. The lowest BCUT2D eigenvalue weighted by Gasteiger charge is -2.17. The maximum absolute atomic E-state index is 12.2. The number of carbonyl (C=O) groups is 2. The lowest BCUT2D eigenvalue weighted by Crippen LogP contribution is -2.25. The van der Waals surface area contributed by atoms with Gasteiger partial charge in [-0.15, -0.1) is 0 Å². The molecule has 7 heteroatoms. The molecule has 0 aliphatic heterocycles. The van der Waals surface area contributed by atoms with Gasteiger partial charge in [0, 0.05) is 24.7 Å². The monoisotopic (exact) mass is 426 g/mol. The Morgan fingerprint density at radius 1 is 1.20 bits per heavy atom. The Bertz CT molecular complexity index is 554. The Kier molecular flexibility index (Phi) is 13.5. The zero-order chi connectivity index (χ0) is 22.4. The molecule has 7 nitrogen and oxygen atoms in total. The van der Waals surface area contributed by atoms with E-state index in [1.165, 1.54) is 0 Å². The highest BCUT2D eigenvalue weighted by Crippen LogP contribution is 2.33. The first kappa shape index (κ1) is 26.5. The van der Waals surface area contributed by atoms with Crippen LogP contribution in [0.3, 0.4) is 0 Å². The zero-order valence-corrected chi connectivity index (χ0v) is 18.0. The Morgan fingerprint density at radius 2 is 1.93 bits per heavy atom. The van der Waals surface area contributed by atoms with Crippen molar-refractivity contribution >= 4 is 11.8 Å². The van der Waals surface area contributed by atoms with Crippen LogP contribution >= 0.6 is 0 Å². The van der Waals surface area contributed by atoms with Crippen molar-refractivity contribution in [3.63, 3.8) is 0 Å². The summed E-state index contributed by atoms with van der Waals surface area (Å²) in [6.07, 6.45) is 11.0. The van der Waals surface area contributed by atoms with Crippen molar-refractivity contribution in [1.29, 1.82) is 0 Å². The van der Waals surface area contributed by atoms with Crippen LogP contribution in [0.15, 0.2) is 24.3 Å². The smallest absolute Gasteiger partial charge is 0.306 e. The van der Waals surface area contributed by atoms with Gasteiger partial charge in [-0.2, -0.15) is 0 Å². The highest BCUT2D eigenvalue weighted by Gasteiger charge is 2.39. The Hall–Kier alpha value is -1.54. The van der Waals surface area contributed by atoms with Gasteiger partial charge in [0.25, 0.3) is 0 Å². The molecule has 4 atom stereocenters. The van der Waals surface area contributed by atoms with Gasteiger partial charge < -0.3 is 25.2 Å². The molecule has 0 aromatic heterocycles. The molecule has 0 aromatic carbocycles. The van der Waals surface area contributed by atoms with Gasteiger partial charge in [0.15, 0.2) is 0 Å². The van der Waals surface area contributed by atoms with E-state index in [2.05, 4.69) is 6.92 Å². The normalized spacial score (nSPS) is 23.1. The molecular formula is C23H38O7.